The number of nitrogens with two attached hydrogens (primary N) is 1. The fraction of sp³-hybridized carbons (Fsp3) is 0.533. The summed E-state index contributed by atoms with van der Waals surface area (Å²) >= 11 is 3.17. The van der Waals surface area contributed by atoms with Crippen LogP contribution in [0.3, 0.4) is 0 Å². The van der Waals surface area contributed by atoms with Crippen LogP contribution in [0.4, 0.5) is 5.82 Å². The number of anilines is 1. The molecule has 1 aliphatic heterocycles. The quantitative estimate of drug-likeness (QED) is 0.676. The fourth-order valence-corrected chi connectivity index (χ4v) is 4.71. The Morgan fingerprint density at radius 3 is 3.04 bits per heavy atom. The summed E-state index contributed by atoms with van der Waals surface area (Å²) in [6.07, 6.45) is 2.35. The van der Waals surface area contributed by atoms with Gasteiger partial charge < -0.3 is 10.5 Å². The van der Waals surface area contributed by atoms with Crippen LogP contribution in [0.15, 0.2) is 5.16 Å². The van der Waals surface area contributed by atoms with Gasteiger partial charge in [-0.25, -0.2) is 14.6 Å². The highest BCUT2D eigenvalue weighted by atomic mass is 32.2. The first kappa shape index (κ1) is 16.7. The number of hydrogen-bond acceptors (Lipinski definition) is 9. The zero-order valence-electron chi connectivity index (χ0n) is 14.1. The van der Waals surface area contributed by atoms with E-state index in [1.807, 2.05) is 0 Å². The number of aromatic nitrogens is 6. The summed E-state index contributed by atoms with van der Waals surface area (Å²) in [5.74, 6) is 1.81. The number of thioether (sulfide) groups is 1. The van der Waals surface area contributed by atoms with Gasteiger partial charge in [-0.3, -0.25) is 0 Å². The highest BCUT2D eigenvalue weighted by Gasteiger charge is 2.19. The van der Waals surface area contributed by atoms with Gasteiger partial charge >= 0.3 is 0 Å². The molecule has 1 unspecified atom stereocenters. The highest BCUT2D eigenvalue weighted by Crippen LogP contribution is 2.32. The largest absolute Gasteiger partial charge is 0.383 e. The van der Waals surface area contributed by atoms with Crippen molar-refractivity contribution in [3.8, 4) is 0 Å². The van der Waals surface area contributed by atoms with E-state index in [0.717, 1.165) is 40.4 Å². The van der Waals surface area contributed by atoms with Crippen molar-refractivity contribution in [1.82, 2.24) is 30.2 Å². The minimum Gasteiger partial charge on any atom is -0.383 e. The Morgan fingerprint density at radius 2 is 2.24 bits per heavy atom. The second kappa shape index (κ2) is 6.85. The number of hydrogen-bond donors (Lipinski definition) is 1. The lowest BCUT2D eigenvalue weighted by molar-refractivity contribution is 0.0912. The lowest BCUT2D eigenvalue weighted by atomic mass is 10.2. The van der Waals surface area contributed by atoms with E-state index in [9.17, 15) is 0 Å². The average molecular weight is 377 g/mol. The Morgan fingerprint density at radius 1 is 1.36 bits per heavy atom. The lowest BCUT2D eigenvalue weighted by Gasteiger charge is -2.09. The number of aryl methyl sites for hydroxylation is 2. The zero-order valence-corrected chi connectivity index (χ0v) is 15.7. The second-order valence-corrected chi connectivity index (χ2v) is 8.20. The predicted octanol–water partition coefficient (Wildman–Crippen LogP) is 2.35. The van der Waals surface area contributed by atoms with Gasteiger partial charge in [-0.1, -0.05) is 11.8 Å². The van der Waals surface area contributed by atoms with Crippen molar-refractivity contribution >= 4 is 39.1 Å². The third-order valence-corrected chi connectivity index (χ3v) is 6.39. The van der Waals surface area contributed by atoms with Crippen LogP contribution in [0, 0.1) is 13.8 Å². The summed E-state index contributed by atoms with van der Waals surface area (Å²) in [7, 11) is 0. The molecule has 3 aromatic rings. The minimum atomic E-state index is 0.197. The summed E-state index contributed by atoms with van der Waals surface area (Å²) in [6, 6.07) is 0. The molecule has 1 fully saturated rings. The molecule has 1 atom stereocenters. The SMILES string of the molecule is Cc1sc2nc(CSc3nnnn3CC3CCCO3)nc(N)c2c1C. The topological polar surface area (TPSA) is 105 Å². The molecule has 0 bridgehead atoms. The van der Waals surface area contributed by atoms with E-state index in [4.69, 9.17) is 10.5 Å². The maximum atomic E-state index is 6.14. The van der Waals surface area contributed by atoms with E-state index in [0.29, 0.717) is 23.9 Å². The van der Waals surface area contributed by atoms with E-state index < -0.39 is 0 Å². The molecule has 8 nitrogen and oxygen atoms in total. The Labute approximate surface area is 153 Å². The Hall–Kier alpha value is -1.78. The summed E-state index contributed by atoms with van der Waals surface area (Å²) in [6.45, 7) is 5.64. The molecule has 0 aromatic carbocycles. The van der Waals surface area contributed by atoms with Crippen molar-refractivity contribution < 1.29 is 4.74 Å². The van der Waals surface area contributed by atoms with Gasteiger partial charge in [0.2, 0.25) is 5.16 Å². The fourth-order valence-electron chi connectivity index (χ4n) is 2.92. The number of tetrazole rings is 1. The molecule has 0 radical (unpaired) electrons. The molecule has 0 spiro atoms. The van der Waals surface area contributed by atoms with Gasteiger partial charge in [0.15, 0.2) is 0 Å². The molecule has 2 N–H and O–H groups in total. The van der Waals surface area contributed by atoms with Crippen LogP contribution < -0.4 is 5.73 Å². The number of nitrogen functional groups attached to an aromatic ring is 1. The Kier molecular flexibility index (Phi) is 4.57. The lowest BCUT2D eigenvalue weighted by Crippen LogP contribution is -2.16. The Bertz CT molecular complexity index is 901. The monoisotopic (exact) mass is 377 g/mol. The molecule has 132 valence electrons. The van der Waals surface area contributed by atoms with E-state index in [1.54, 1.807) is 16.0 Å². The van der Waals surface area contributed by atoms with Crippen LogP contribution in [-0.2, 0) is 17.0 Å². The zero-order chi connectivity index (χ0) is 17.4. The molecular formula is C15H19N7OS2. The van der Waals surface area contributed by atoms with Crippen LogP contribution in [0.1, 0.15) is 29.1 Å². The molecule has 25 heavy (non-hydrogen) atoms. The standard InChI is InChI=1S/C15H19N7OS2/c1-8-9(2)25-14-12(8)13(16)17-11(18-14)7-24-15-19-20-21-22(15)6-10-4-3-5-23-10/h10H,3-7H2,1-2H3,(H2,16,17,18). The molecular weight excluding hydrogens is 358 g/mol. The van der Waals surface area contributed by atoms with Gasteiger partial charge in [-0.05, 0) is 42.7 Å². The van der Waals surface area contributed by atoms with Gasteiger partial charge in [0.1, 0.15) is 16.5 Å². The summed E-state index contributed by atoms with van der Waals surface area (Å²) in [5, 5.41) is 13.7. The van der Waals surface area contributed by atoms with E-state index in [2.05, 4.69) is 39.3 Å². The van der Waals surface area contributed by atoms with Crippen LogP contribution in [-0.4, -0.2) is 42.9 Å². The van der Waals surface area contributed by atoms with Crippen LogP contribution in [0.5, 0.6) is 0 Å². The molecule has 3 aromatic heterocycles. The van der Waals surface area contributed by atoms with Crippen LogP contribution >= 0.6 is 23.1 Å². The number of ether oxygens (including phenoxy) is 1. The number of thiophene rings is 1. The minimum absolute atomic E-state index is 0.197. The van der Waals surface area contributed by atoms with Crippen LogP contribution in [0.2, 0.25) is 0 Å². The molecule has 0 aliphatic carbocycles. The molecule has 10 heteroatoms. The average Bonchev–Trinajstić information content (AvgIpc) is 3.29. The van der Waals surface area contributed by atoms with Crippen molar-refractivity contribution in [3.63, 3.8) is 0 Å². The van der Waals surface area contributed by atoms with Crippen LogP contribution in [0.25, 0.3) is 10.2 Å². The van der Waals surface area contributed by atoms with Gasteiger partial charge in [-0.15, -0.1) is 16.4 Å². The van der Waals surface area contributed by atoms with Crippen molar-refractivity contribution in [2.24, 2.45) is 0 Å². The molecule has 0 amide bonds. The summed E-state index contributed by atoms with van der Waals surface area (Å²) in [4.78, 5) is 11.3. The predicted molar refractivity (Wildman–Crippen MR) is 97.7 cm³/mol. The molecule has 1 aliphatic rings. The van der Waals surface area contributed by atoms with Crippen molar-refractivity contribution in [1.29, 1.82) is 0 Å². The van der Waals surface area contributed by atoms with Gasteiger partial charge in [0.25, 0.3) is 0 Å². The first-order valence-electron chi connectivity index (χ1n) is 8.14. The van der Waals surface area contributed by atoms with E-state index >= 15 is 0 Å². The third-order valence-electron chi connectivity index (χ3n) is 4.33. The second-order valence-electron chi connectivity index (χ2n) is 6.06. The first-order chi connectivity index (χ1) is 12.1. The van der Waals surface area contributed by atoms with Crippen molar-refractivity contribution in [2.75, 3.05) is 12.3 Å². The van der Waals surface area contributed by atoms with Crippen molar-refractivity contribution in [2.45, 2.75) is 50.2 Å². The molecule has 4 heterocycles. The number of nitrogens with zero attached hydrogens (tertiary/aromatic N) is 6. The summed E-state index contributed by atoms with van der Waals surface area (Å²) < 4.78 is 7.45. The smallest absolute Gasteiger partial charge is 0.209 e. The molecule has 1 saturated heterocycles. The van der Waals surface area contributed by atoms with Gasteiger partial charge in [-0.2, -0.15) is 0 Å². The van der Waals surface area contributed by atoms with Gasteiger partial charge in [0.05, 0.1) is 23.8 Å². The van der Waals surface area contributed by atoms with E-state index in [-0.39, 0.29) is 6.10 Å². The normalized spacial score (nSPS) is 17.6. The number of fused-ring (bicyclic) bond motifs is 1. The highest BCUT2D eigenvalue weighted by molar-refractivity contribution is 7.98. The third kappa shape index (κ3) is 3.33. The maximum Gasteiger partial charge on any atom is 0.209 e. The van der Waals surface area contributed by atoms with Gasteiger partial charge in [0, 0.05) is 11.5 Å². The maximum absolute atomic E-state index is 6.14. The Balaban J connectivity index is 1.50. The number of rotatable bonds is 5. The van der Waals surface area contributed by atoms with Crippen molar-refractivity contribution in [3.05, 3.63) is 16.3 Å². The first-order valence-corrected chi connectivity index (χ1v) is 9.94. The van der Waals surface area contributed by atoms with E-state index in [1.165, 1.54) is 16.6 Å². The molecule has 4 rings (SSSR count). The summed E-state index contributed by atoms with van der Waals surface area (Å²) in [5.41, 5.74) is 7.31. The molecule has 0 saturated carbocycles.